The van der Waals surface area contributed by atoms with E-state index in [-0.39, 0.29) is 5.60 Å². The Kier molecular flexibility index (Phi) is 3.92. The third kappa shape index (κ3) is 3.11. The zero-order valence-corrected chi connectivity index (χ0v) is 12.6. The van der Waals surface area contributed by atoms with Crippen molar-refractivity contribution in [1.82, 2.24) is 9.97 Å². The van der Waals surface area contributed by atoms with E-state index >= 15 is 0 Å². The molecule has 1 N–H and O–H groups in total. The van der Waals surface area contributed by atoms with E-state index in [1.165, 1.54) is 32.1 Å². The summed E-state index contributed by atoms with van der Waals surface area (Å²) in [4.78, 5) is 8.83. The van der Waals surface area contributed by atoms with Crippen LogP contribution in [0.15, 0.2) is 6.07 Å². The van der Waals surface area contributed by atoms with Crippen molar-refractivity contribution in [1.29, 1.82) is 0 Å². The SMILES string of the molecule is Cc1cc(NC2CCOC3(CCCCC3)C2)nc(C)n1. The average molecular weight is 275 g/mol. The molecule has 20 heavy (non-hydrogen) atoms. The summed E-state index contributed by atoms with van der Waals surface area (Å²) < 4.78 is 6.15. The van der Waals surface area contributed by atoms with Gasteiger partial charge in [-0.2, -0.15) is 0 Å². The van der Waals surface area contributed by atoms with Crippen LogP contribution in [0.2, 0.25) is 0 Å². The molecule has 1 unspecified atom stereocenters. The second-order valence-electron chi connectivity index (χ2n) is 6.37. The number of rotatable bonds is 2. The molecular weight excluding hydrogens is 250 g/mol. The van der Waals surface area contributed by atoms with Crippen molar-refractivity contribution in [3.8, 4) is 0 Å². The molecule has 1 aliphatic heterocycles. The van der Waals surface area contributed by atoms with Crippen molar-refractivity contribution >= 4 is 5.82 Å². The smallest absolute Gasteiger partial charge is 0.130 e. The molecule has 1 atom stereocenters. The maximum Gasteiger partial charge on any atom is 0.130 e. The van der Waals surface area contributed by atoms with Crippen LogP contribution < -0.4 is 5.32 Å². The van der Waals surface area contributed by atoms with Gasteiger partial charge in [-0.15, -0.1) is 0 Å². The number of hydrogen-bond donors (Lipinski definition) is 1. The summed E-state index contributed by atoms with van der Waals surface area (Å²) in [6.45, 7) is 4.85. The molecule has 2 fully saturated rings. The van der Waals surface area contributed by atoms with Gasteiger partial charge in [0, 0.05) is 24.4 Å². The average Bonchev–Trinajstić information content (AvgIpc) is 2.38. The Morgan fingerprint density at radius 3 is 2.75 bits per heavy atom. The first kappa shape index (κ1) is 13.8. The number of hydrogen-bond acceptors (Lipinski definition) is 4. The Morgan fingerprint density at radius 1 is 1.20 bits per heavy atom. The molecule has 0 amide bonds. The molecule has 4 nitrogen and oxygen atoms in total. The Bertz CT molecular complexity index is 443. The molecule has 4 heteroatoms. The Hall–Kier alpha value is -1.16. The van der Waals surface area contributed by atoms with Gasteiger partial charge in [-0.05, 0) is 39.5 Å². The second-order valence-corrected chi connectivity index (χ2v) is 6.37. The fourth-order valence-corrected chi connectivity index (χ4v) is 3.70. The second kappa shape index (κ2) is 5.68. The summed E-state index contributed by atoms with van der Waals surface area (Å²) in [5.74, 6) is 1.81. The number of aromatic nitrogens is 2. The maximum atomic E-state index is 6.15. The van der Waals surface area contributed by atoms with Crippen molar-refractivity contribution in [3.05, 3.63) is 17.6 Å². The minimum atomic E-state index is 0.144. The minimum absolute atomic E-state index is 0.144. The Labute approximate surface area is 121 Å². The fraction of sp³-hybridized carbons (Fsp3) is 0.750. The summed E-state index contributed by atoms with van der Waals surface area (Å²) in [6.07, 6.45) is 8.66. The molecule has 1 spiro atoms. The first-order valence-electron chi connectivity index (χ1n) is 7.88. The number of anilines is 1. The van der Waals surface area contributed by atoms with Gasteiger partial charge >= 0.3 is 0 Å². The molecule has 1 saturated heterocycles. The van der Waals surface area contributed by atoms with Crippen LogP contribution in [0, 0.1) is 13.8 Å². The molecule has 0 aromatic carbocycles. The summed E-state index contributed by atoms with van der Waals surface area (Å²) >= 11 is 0. The van der Waals surface area contributed by atoms with Crippen LogP contribution in [0.25, 0.3) is 0 Å². The van der Waals surface area contributed by atoms with Gasteiger partial charge in [0.1, 0.15) is 11.6 Å². The van der Waals surface area contributed by atoms with Gasteiger partial charge in [-0.25, -0.2) is 9.97 Å². The zero-order chi connectivity index (χ0) is 14.0. The summed E-state index contributed by atoms with van der Waals surface area (Å²) in [6, 6.07) is 2.52. The minimum Gasteiger partial charge on any atom is -0.375 e. The van der Waals surface area contributed by atoms with Crippen molar-refractivity contribution in [2.75, 3.05) is 11.9 Å². The van der Waals surface area contributed by atoms with Gasteiger partial charge in [0.05, 0.1) is 5.60 Å². The largest absolute Gasteiger partial charge is 0.375 e. The quantitative estimate of drug-likeness (QED) is 0.898. The molecule has 0 bridgehead atoms. The molecule has 3 rings (SSSR count). The first-order chi connectivity index (χ1) is 9.65. The molecule has 1 aromatic heterocycles. The molecular formula is C16H25N3O. The van der Waals surface area contributed by atoms with Crippen LogP contribution in [-0.2, 0) is 4.74 Å². The number of ether oxygens (including phenoxy) is 1. The highest BCUT2D eigenvalue weighted by atomic mass is 16.5. The van der Waals surface area contributed by atoms with E-state index < -0.39 is 0 Å². The third-order valence-corrected chi connectivity index (χ3v) is 4.58. The Morgan fingerprint density at radius 2 is 2.00 bits per heavy atom. The van der Waals surface area contributed by atoms with E-state index in [2.05, 4.69) is 15.3 Å². The molecule has 2 aliphatic rings. The normalized spacial score (nSPS) is 25.6. The first-order valence-corrected chi connectivity index (χ1v) is 7.88. The number of nitrogens with zero attached hydrogens (tertiary/aromatic N) is 2. The van der Waals surface area contributed by atoms with E-state index in [1.54, 1.807) is 0 Å². The molecule has 2 heterocycles. The van der Waals surface area contributed by atoms with Gasteiger partial charge in [0.15, 0.2) is 0 Å². The predicted molar refractivity (Wildman–Crippen MR) is 79.9 cm³/mol. The molecule has 1 aliphatic carbocycles. The zero-order valence-electron chi connectivity index (χ0n) is 12.6. The Balaban J connectivity index is 1.67. The molecule has 1 aromatic rings. The van der Waals surface area contributed by atoms with Gasteiger partial charge < -0.3 is 10.1 Å². The standard InChI is InChI=1S/C16H25N3O/c1-12-10-15(18-13(2)17-12)19-14-6-9-20-16(11-14)7-4-3-5-8-16/h10,14H,3-9,11H2,1-2H3,(H,17,18,19). The van der Waals surface area contributed by atoms with Crippen LogP contribution in [0.4, 0.5) is 5.82 Å². The monoisotopic (exact) mass is 275 g/mol. The lowest BCUT2D eigenvalue weighted by Crippen LogP contribution is -2.45. The third-order valence-electron chi connectivity index (χ3n) is 4.58. The molecule has 0 radical (unpaired) electrons. The van der Waals surface area contributed by atoms with Crippen LogP contribution in [-0.4, -0.2) is 28.2 Å². The lowest BCUT2D eigenvalue weighted by Gasteiger charge is -2.43. The highest BCUT2D eigenvalue weighted by Gasteiger charge is 2.38. The van der Waals surface area contributed by atoms with E-state index in [1.807, 2.05) is 19.9 Å². The topological polar surface area (TPSA) is 47.0 Å². The van der Waals surface area contributed by atoms with Gasteiger partial charge in [0.25, 0.3) is 0 Å². The van der Waals surface area contributed by atoms with Crippen LogP contribution >= 0.6 is 0 Å². The highest BCUT2D eigenvalue weighted by Crippen LogP contribution is 2.39. The summed E-state index contributed by atoms with van der Waals surface area (Å²) in [5, 5.41) is 3.60. The lowest BCUT2D eigenvalue weighted by molar-refractivity contribution is -0.103. The molecule has 110 valence electrons. The predicted octanol–water partition coefficient (Wildman–Crippen LogP) is 3.39. The van der Waals surface area contributed by atoms with Gasteiger partial charge in [-0.1, -0.05) is 19.3 Å². The van der Waals surface area contributed by atoms with E-state index in [0.29, 0.717) is 6.04 Å². The van der Waals surface area contributed by atoms with Crippen LogP contribution in [0.3, 0.4) is 0 Å². The number of aryl methyl sites for hydroxylation is 2. The van der Waals surface area contributed by atoms with Gasteiger partial charge in [0.2, 0.25) is 0 Å². The van der Waals surface area contributed by atoms with Crippen molar-refractivity contribution < 1.29 is 4.74 Å². The van der Waals surface area contributed by atoms with Gasteiger partial charge in [-0.3, -0.25) is 0 Å². The van der Waals surface area contributed by atoms with E-state index in [4.69, 9.17) is 4.74 Å². The van der Waals surface area contributed by atoms with Crippen molar-refractivity contribution in [2.24, 2.45) is 0 Å². The van der Waals surface area contributed by atoms with Crippen LogP contribution in [0.1, 0.15) is 56.5 Å². The summed E-state index contributed by atoms with van der Waals surface area (Å²) in [5.41, 5.74) is 1.17. The maximum absolute atomic E-state index is 6.15. The van der Waals surface area contributed by atoms with Crippen molar-refractivity contribution in [3.63, 3.8) is 0 Å². The lowest BCUT2D eigenvalue weighted by atomic mass is 9.78. The number of nitrogens with one attached hydrogen (secondary N) is 1. The summed E-state index contributed by atoms with van der Waals surface area (Å²) in [7, 11) is 0. The fourth-order valence-electron chi connectivity index (χ4n) is 3.70. The van der Waals surface area contributed by atoms with E-state index in [0.717, 1.165) is 36.8 Å². The molecule has 1 saturated carbocycles. The van der Waals surface area contributed by atoms with Crippen molar-refractivity contribution in [2.45, 2.75) is 70.4 Å². The highest BCUT2D eigenvalue weighted by molar-refractivity contribution is 5.37. The van der Waals surface area contributed by atoms with E-state index in [9.17, 15) is 0 Å². The van der Waals surface area contributed by atoms with Crippen LogP contribution in [0.5, 0.6) is 0 Å².